The monoisotopic (exact) mass is 185 g/mol. The summed E-state index contributed by atoms with van der Waals surface area (Å²) in [5.41, 5.74) is 0. The van der Waals surface area contributed by atoms with E-state index in [0.29, 0.717) is 13.1 Å². The zero-order valence-electron chi connectivity index (χ0n) is 7.99. The first-order chi connectivity index (χ1) is 6.11. The van der Waals surface area contributed by atoms with Crippen LogP contribution in [0.1, 0.15) is 20.3 Å². The van der Waals surface area contributed by atoms with Gasteiger partial charge >= 0.3 is 5.97 Å². The molecule has 0 aliphatic heterocycles. The summed E-state index contributed by atoms with van der Waals surface area (Å²) in [4.78, 5) is 23.0. The molecule has 0 bridgehead atoms. The molecule has 0 aliphatic carbocycles. The van der Waals surface area contributed by atoms with E-state index in [1.165, 1.54) is 0 Å². The van der Waals surface area contributed by atoms with Gasteiger partial charge in [-0.2, -0.15) is 0 Å². The Balaban J connectivity index is 4.13. The molecule has 4 heteroatoms. The van der Waals surface area contributed by atoms with Crippen LogP contribution in [0.15, 0.2) is 12.2 Å². The van der Waals surface area contributed by atoms with Gasteiger partial charge in [0.15, 0.2) is 0 Å². The summed E-state index contributed by atoms with van der Waals surface area (Å²) < 4.78 is 0. The molecular weight excluding hydrogens is 170 g/mol. The maximum absolute atomic E-state index is 11.2. The van der Waals surface area contributed by atoms with E-state index < -0.39 is 5.97 Å². The van der Waals surface area contributed by atoms with Crippen molar-refractivity contribution < 1.29 is 14.7 Å². The predicted molar refractivity (Wildman–Crippen MR) is 49.3 cm³/mol. The highest BCUT2D eigenvalue weighted by Crippen LogP contribution is 1.93. The number of carbonyl (C=O) groups is 2. The minimum absolute atomic E-state index is 0.244. The van der Waals surface area contributed by atoms with Crippen LogP contribution in [0.2, 0.25) is 0 Å². The molecule has 0 heterocycles. The van der Waals surface area contributed by atoms with Gasteiger partial charge in [-0.25, -0.2) is 4.79 Å². The van der Waals surface area contributed by atoms with E-state index in [2.05, 4.69) is 0 Å². The number of carbonyl (C=O) groups excluding carboxylic acids is 1. The second kappa shape index (κ2) is 6.22. The summed E-state index contributed by atoms with van der Waals surface area (Å²) in [6.07, 6.45) is 2.82. The molecule has 1 amide bonds. The molecule has 0 aromatic heterocycles. The Morgan fingerprint density at radius 2 is 1.92 bits per heavy atom. The zero-order valence-corrected chi connectivity index (χ0v) is 7.99. The van der Waals surface area contributed by atoms with Gasteiger partial charge in [0.1, 0.15) is 0 Å². The van der Waals surface area contributed by atoms with Crippen LogP contribution in [0.4, 0.5) is 0 Å². The molecule has 0 rings (SSSR count). The van der Waals surface area contributed by atoms with Crippen LogP contribution in [0, 0.1) is 0 Å². The largest absolute Gasteiger partial charge is 0.478 e. The number of hydrogen-bond acceptors (Lipinski definition) is 2. The molecule has 13 heavy (non-hydrogen) atoms. The van der Waals surface area contributed by atoms with Gasteiger partial charge in [0.05, 0.1) is 0 Å². The first kappa shape index (κ1) is 11.7. The van der Waals surface area contributed by atoms with Crippen LogP contribution < -0.4 is 0 Å². The highest BCUT2D eigenvalue weighted by atomic mass is 16.4. The second-order valence-corrected chi connectivity index (χ2v) is 2.59. The van der Waals surface area contributed by atoms with Crippen molar-refractivity contribution in [2.75, 3.05) is 13.1 Å². The standard InChI is InChI=1S/C9H15NO3/c1-3-7-10(4-2)8(11)5-6-9(12)13/h5-6H,3-4,7H2,1-2H3,(H,12,13)/b6-5-. The van der Waals surface area contributed by atoms with Crippen molar-refractivity contribution >= 4 is 11.9 Å². The van der Waals surface area contributed by atoms with Gasteiger partial charge in [0, 0.05) is 25.2 Å². The minimum Gasteiger partial charge on any atom is -0.478 e. The lowest BCUT2D eigenvalue weighted by molar-refractivity contribution is -0.132. The molecule has 0 atom stereocenters. The zero-order chi connectivity index (χ0) is 10.3. The summed E-state index contributed by atoms with van der Waals surface area (Å²) in [7, 11) is 0. The van der Waals surface area contributed by atoms with E-state index in [-0.39, 0.29) is 5.91 Å². The second-order valence-electron chi connectivity index (χ2n) is 2.59. The topological polar surface area (TPSA) is 57.6 Å². The summed E-state index contributed by atoms with van der Waals surface area (Å²) in [6, 6.07) is 0. The maximum atomic E-state index is 11.2. The van der Waals surface area contributed by atoms with Crippen molar-refractivity contribution in [1.82, 2.24) is 4.90 Å². The number of amides is 1. The Hall–Kier alpha value is -1.32. The van der Waals surface area contributed by atoms with Crippen molar-refractivity contribution in [2.24, 2.45) is 0 Å². The lowest BCUT2D eigenvalue weighted by atomic mass is 10.3. The summed E-state index contributed by atoms with van der Waals surface area (Å²) in [5, 5.41) is 8.29. The molecule has 0 aromatic carbocycles. The normalized spacial score (nSPS) is 10.3. The van der Waals surface area contributed by atoms with E-state index in [1.54, 1.807) is 4.90 Å². The molecule has 0 aromatic rings. The van der Waals surface area contributed by atoms with Crippen LogP contribution >= 0.6 is 0 Å². The van der Waals surface area contributed by atoms with E-state index in [9.17, 15) is 9.59 Å². The summed E-state index contributed by atoms with van der Waals surface area (Å²) in [5.74, 6) is -1.34. The van der Waals surface area contributed by atoms with Gasteiger partial charge in [-0.05, 0) is 13.3 Å². The molecule has 74 valence electrons. The number of hydrogen-bond donors (Lipinski definition) is 1. The molecule has 0 radical (unpaired) electrons. The Bertz CT molecular complexity index is 211. The number of nitrogens with zero attached hydrogens (tertiary/aromatic N) is 1. The van der Waals surface area contributed by atoms with Crippen LogP contribution in [-0.2, 0) is 9.59 Å². The molecular formula is C9H15NO3. The average molecular weight is 185 g/mol. The highest BCUT2D eigenvalue weighted by molar-refractivity contribution is 5.93. The van der Waals surface area contributed by atoms with Crippen molar-refractivity contribution in [2.45, 2.75) is 20.3 Å². The lowest BCUT2D eigenvalue weighted by Crippen LogP contribution is -2.29. The van der Waals surface area contributed by atoms with Crippen molar-refractivity contribution in [3.63, 3.8) is 0 Å². The van der Waals surface area contributed by atoms with Gasteiger partial charge in [-0.1, -0.05) is 6.92 Å². The van der Waals surface area contributed by atoms with Crippen LogP contribution in [0.25, 0.3) is 0 Å². The van der Waals surface area contributed by atoms with Crippen LogP contribution in [0.3, 0.4) is 0 Å². The van der Waals surface area contributed by atoms with Crippen molar-refractivity contribution in [3.05, 3.63) is 12.2 Å². The van der Waals surface area contributed by atoms with Gasteiger partial charge in [0.2, 0.25) is 5.91 Å². The predicted octanol–water partition coefficient (Wildman–Crippen LogP) is 0.886. The lowest BCUT2D eigenvalue weighted by Gasteiger charge is -2.17. The van der Waals surface area contributed by atoms with Crippen LogP contribution in [0.5, 0.6) is 0 Å². The van der Waals surface area contributed by atoms with Gasteiger partial charge in [-0.15, -0.1) is 0 Å². The summed E-state index contributed by atoms with van der Waals surface area (Å²) in [6.45, 7) is 5.11. The van der Waals surface area contributed by atoms with Crippen LogP contribution in [-0.4, -0.2) is 35.0 Å². The third-order valence-electron chi connectivity index (χ3n) is 1.56. The molecule has 0 aliphatic rings. The summed E-state index contributed by atoms with van der Waals surface area (Å²) >= 11 is 0. The number of likely N-dealkylation sites (N-methyl/N-ethyl adjacent to an activating group) is 1. The van der Waals surface area contributed by atoms with Gasteiger partial charge in [-0.3, -0.25) is 4.79 Å². The van der Waals surface area contributed by atoms with E-state index in [4.69, 9.17) is 5.11 Å². The van der Waals surface area contributed by atoms with Crippen molar-refractivity contribution in [1.29, 1.82) is 0 Å². The van der Waals surface area contributed by atoms with Crippen molar-refractivity contribution in [3.8, 4) is 0 Å². The fourth-order valence-electron chi connectivity index (χ4n) is 0.942. The van der Waals surface area contributed by atoms with E-state index >= 15 is 0 Å². The quantitative estimate of drug-likeness (QED) is 0.647. The first-order valence-electron chi connectivity index (χ1n) is 4.31. The minimum atomic E-state index is -1.10. The fourth-order valence-corrected chi connectivity index (χ4v) is 0.942. The van der Waals surface area contributed by atoms with E-state index in [1.807, 2.05) is 13.8 Å². The number of carboxylic acids is 1. The Kier molecular flexibility index (Phi) is 5.59. The molecule has 0 saturated carbocycles. The molecule has 1 N–H and O–H groups in total. The fraction of sp³-hybridized carbons (Fsp3) is 0.556. The Labute approximate surface area is 77.8 Å². The SMILES string of the molecule is CCCN(CC)C(=O)/C=C\C(=O)O. The highest BCUT2D eigenvalue weighted by Gasteiger charge is 2.06. The smallest absolute Gasteiger partial charge is 0.328 e. The number of carboxylic acid groups (broad SMARTS) is 1. The Morgan fingerprint density at radius 3 is 2.31 bits per heavy atom. The molecule has 0 fully saturated rings. The van der Waals surface area contributed by atoms with Gasteiger partial charge in [0.25, 0.3) is 0 Å². The average Bonchev–Trinajstić information content (AvgIpc) is 2.10. The molecule has 0 spiro atoms. The van der Waals surface area contributed by atoms with Gasteiger partial charge < -0.3 is 10.0 Å². The van der Waals surface area contributed by atoms with E-state index in [0.717, 1.165) is 18.6 Å². The molecule has 4 nitrogen and oxygen atoms in total. The molecule has 0 unspecified atom stereocenters. The third-order valence-corrected chi connectivity index (χ3v) is 1.56. The first-order valence-corrected chi connectivity index (χ1v) is 4.31. The maximum Gasteiger partial charge on any atom is 0.328 e. The third kappa shape index (κ3) is 5.00. The molecule has 0 saturated heterocycles. The Morgan fingerprint density at radius 1 is 1.31 bits per heavy atom. The number of rotatable bonds is 5. The number of aliphatic carboxylic acids is 1.